The summed E-state index contributed by atoms with van der Waals surface area (Å²) in [5.74, 6) is -5.11. The first-order valence-electron chi connectivity index (χ1n) is 13.7. The lowest BCUT2D eigenvalue weighted by Gasteiger charge is -2.12. The Kier molecular flexibility index (Phi) is 9.72. The molecule has 0 fully saturated rings. The molecule has 0 aliphatic rings. The van der Waals surface area contributed by atoms with Crippen molar-refractivity contribution in [1.29, 1.82) is 0 Å². The average molecular weight is 579 g/mol. The van der Waals surface area contributed by atoms with E-state index in [1.807, 2.05) is 0 Å². The van der Waals surface area contributed by atoms with Crippen LogP contribution in [0.25, 0.3) is 10.8 Å². The van der Waals surface area contributed by atoms with Crippen LogP contribution in [0.1, 0.15) is 66.0 Å². The molecule has 0 unspecified atom stereocenters. The van der Waals surface area contributed by atoms with Crippen molar-refractivity contribution in [3.63, 3.8) is 0 Å². The van der Waals surface area contributed by atoms with E-state index >= 15 is 4.39 Å². The predicted octanol–water partition coefficient (Wildman–Crippen LogP) is 10.2. The fraction of sp³-hybridized carbons (Fsp3) is 0.333. The van der Waals surface area contributed by atoms with Gasteiger partial charge in [0, 0.05) is 10.9 Å². The molecule has 0 spiro atoms. The zero-order valence-electron chi connectivity index (χ0n) is 22.6. The van der Waals surface area contributed by atoms with Crippen LogP contribution in [0, 0.1) is 29.1 Å². The van der Waals surface area contributed by atoms with E-state index in [9.17, 15) is 30.7 Å². The summed E-state index contributed by atoms with van der Waals surface area (Å²) in [4.78, 5) is 0. The van der Waals surface area contributed by atoms with Crippen LogP contribution in [0.5, 0.6) is 0 Å². The fourth-order valence-electron chi connectivity index (χ4n) is 5.12. The van der Waals surface area contributed by atoms with Crippen LogP contribution < -0.4 is 0 Å². The third kappa shape index (κ3) is 7.46. The van der Waals surface area contributed by atoms with Crippen LogP contribution >= 0.6 is 0 Å². The molecule has 0 nitrogen and oxygen atoms in total. The molecule has 0 bridgehead atoms. The summed E-state index contributed by atoms with van der Waals surface area (Å²) in [6.07, 6.45) is -0.0264. The number of benzene rings is 4. The maximum atomic E-state index is 15.2. The molecule has 0 heterocycles. The lowest BCUT2D eigenvalue weighted by molar-refractivity contribution is -0.142. The van der Waals surface area contributed by atoms with E-state index in [1.165, 1.54) is 18.2 Å². The molecular weight excluding hydrogens is 548 g/mol. The van der Waals surface area contributed by atoms with Gasteiger partial charge in [-0.1, -0.05) is 56.5 Å². The molecule has 0 aliphatic heterocycles. The Morgan fingerprint density at radius 2 is 1.17 bits per heavy atom. The first-order chi connectivity index (χ1) is 19.5. The molecule has 0 saturated heterocycles. The highest BCUT2D eigenvalue weighted by molar-refractivity contribution is 5.84. The van der Waals surface area contributed by atoms with Crippen molar-refractivity contribution >= 4 is 10.8 Å². The molecule has 0 saturated carbocycles. The van der Waals surface area contributed by atoms with Gasteiger partial charge < -0.3 is 0 Å². The first-order valence-corrected chi connectivity index (χ1v) is 13.7. The zero-order valence-corrected chi connectivity index (χ0v) is 22.6. The second-order valence-electron chi connectivity index (χ2n) is 10.4. The van der Waals surface area contributed by atoms with E-state index in [-0.39, 0.29) is 36.0 Å². The van der Waals surface area contributed by atoms with E-state index in [1.54, 1.807) is 24.3 Å². The van der Waals surface area contributed by atoms with Gasteiger partial charge in [0.15, 0.2) is 0 Å². The van der Waals surface area contributed by atoms with Crippen LogP contribution in [-0.4, -0.2) is 0 Å². The Balaban J connectivity index is 1.43. The summed E-state index contributed by atoms with van der Waals surface area (Å²) in [5.41, 5.74) is -0.306. The molecule has 0 amide bonds. The number of aryl methyl sites for hydroxylation is 4. The highest BCUT2D eigenvalue weighted by atomic mass is 19.4. The lowest BCUT2D eigenvalue weighted by Crippen LogP contribution is -2.12. The summed E-state index contributed by atoms with van der Waals surface area (Å²) in [7, 11) is 0. The summed E-state index contributed by atoms with van der Waals surface area (Å²) in [6.45, 7) is 2.10. The SMILES string of the molecule is CCCCCCc1cc(F)c(CCc2ccc3c(F)c(CCc4cc(F)c(C(F)(F)F)c(F)c4)ccc3c2)c(F)c1. The number of halogens is 8. The molecule has 0 N–H and O–H groups in total. The second-order valence-corrected chi connectivity index (χ2v) is 10.4. The highest BCUT2D eigenvalue weighted by Crippen LogP contribution is 2.34. The number of unbranched alkanes of at least 4 members (excludes halogenated alkanes) is 3. The summed E-state index contributed by atoms with van der Waals surface area (Å²) >= 11 is 0. The van der Waals surface area contributed by atoms with Gasteiger partial charge in [0.2, 0.25) is 0 Å². The third-order valence-electron chi connectivity index (χ3n) is 7.35. The van der Waals surface area contributed by atoms with Crippen molar-refractivity contribution < 1.29 is 35.1 Å². The molecule has 41 heavy (non-hydrogen) atoms. The predicted molar refractivity (Wildman–Crippen MR) is 144 cm³/mol. The number of hydrogen-bond donors (Lipinski definition) is 0. The molecule has 0 radical (unpaired) electrons. The van der Waals surface area contributed by atoms with E-state index in [0.717, 1.165) is 31.2 Å². The van der Waals surface area contributed by atoms with Crippen molar-refractivity contribution in [2.75, 3.05) is 0 Å². The molecule has 0 atom stereocenters. The minimum absolute atomic E-state index is 0.0140. The maximum Gasteiger partial charge on any atom is 0.422 e. The number of rotatable bonds is 11. The standard InChI is InChI=1S/C33H30F8/c1-2-3-4-5-6-21-16-27(34)26(28(35)17-21)14-9-20-8-13-25-24(15-20)12-11-23(32(25)38)10-7-22-18-29(36)31(30(37)19-22)33(39,40)41/h8,11-13,15-19H,2-7,9-10,14H2,1H3. The van der Waals surface area contributed by atoms with Crippen molar-refractivity contribution in [3.8, 4) is 0 Å². The number of fused-ring (bicyclic) bond motifs is 1. The number of alkyl halides is 3. The lowest BCUT2D eigenvalue weighted by atomic mass is 9.96. The van der Waals surface area contributed by atoms with Crippen molar-refractivity contribution in [2.24, 2.45) is 0 Å². The largest absolute Gasteiger partial charge is 0.422 e. The summed E-state index contributed by atoms with van der Waals surface area (Å²) in [5, 5.41) is 0.861. The van der Waals surface area contributed by atoms with E-state index < -0.39 is 40.8 Å². The smallest absolute Gasteiger partial charge is 0.207 e. The molecule has 4 rings (SSSR count). The van der Waals surface area contributed by atoms with Gasteiger partial charge in [-0.3, -0.25) is 0 Å². The van der Waals surface area contributed by atoms with Gasteiger partial charge in [0.05, 0.1) is 0 Å². The zero-order chi connectivity index (χ0) is 29.7. The Hall–Kier alpha value is -3.42. The van der Waals surface area contributed by atoms with Crippen LogP contribution in [0.15, 0.2) is 54.6 Å². The Morgan fingerprint density at radius 1 is 0.561 bits per heavy atom. The topological polar surface area (TPSA) is 0 Å². The molecule has 218 valence electrons. The van der Waals surface area contributed by atoms with Gasteiger partial charge >= 0.3 is 6.18 Å². The molecule has 0 aliphatic carbocycles. The summed E-state index contributed by atoms with van der Waals surface area (Å²) in [6, 6.07) is 12.2. The molecular formula is C33H30F8. The van der Waals surface area contributed by atoms with E-state index in [0.29, 0.717) is 41.3 Å². The van der Waals surface area contributed by atoms with Crippen molar-refractivity contribution in [1.82, 2.24) is 0 Å². The number of hydrogen-bond acceptors (Lipinski definition) is 0. The Bertz CT molecular complexity index is 1470. The highest BCUT2D eigenvalue weighted by Gasteiger charge is 2.37. The molecule has 4 aromatic carbocycles. The molecule has 8 heteroatoms. The fourth-order valence-corrected chi connectivity index (χ4v) is 5.12. The Labute approximate surface area is 234 Å². The minimum atomic E-state index is -5.16. The maximum absolute atomic E-state index is 15.2. The van der Waals surface area contributed by atoms with E-state index in [2.05, 4.69) is 6.92 Å². The summed E-state index contributed by atoms with van der Waals surface area (Å²) < 4.78 is 111. The molecule has 4 aromatic rings. The van der Waals surface area contributed by atoms with Gasteiger partial charge in [-0.15, -0.1) is 0 Å². The van der Waals surface area contributed by atoms with Crippen LogP contribution in [0.2, 0.25) is 0 Å². The van der Waals surface area contributed by atoms with Gasteiger partial charge in [-0.2, -0.15) is 13.2 Å². The van der Waals surface area contributed by atoms with Crippen LogP contribution in [-0.2, 0) is 38.3 Å². The molecule has 0 aromatic heterocycles. The third-order valence-corrected chi connectivity index (χ3v) is 7.35. The van der Waals surface area contributed by atoms with E-state index in [4.69, 9.17) is 0 Å². The van der Waals surface area contributed by atoms with Gasteiger partial charge in [-0.25, -0.2) is 22.0 Å². The van der Waals surface area contributed by atoms with Gasteiger partial charge in [0.1, 0.15) is 34.6 Å². The monoisotopic (exact) mass is 578 g/mol. The van der Waals surface area contributed by atoms with Gasteiger partial charge in [0.25, 0.3) is 0 Å². The van der Waals surface area contributed by atoms with Crippen LogP contribution in [0.4, 0.5) is 35.1 Å². The second kappa shape index (κ2) is 13.0. The van der Waals surface area contributed by atoms with Gasteiger partial charge in [-0.05, 0) is 90.4 Å². The minimum Gasteiger partial charge on any atom is -0.207 e. The first kappa shape index (κ1) is 30.5. The van der Waals surface area contributed by atoms with Crippen molar-refractivity contribution in [3.05, 3.63) is 117 Å². The Morgan fingerprint density at radius 3 is 1.80 bits per heavy atom. The van der Waals surface area contributed by atoms with Crippen molar-refractivity contribution in [2.45, 2.75) is 70.9 Å². The van der Waals surface area contributed by atoms with Crippen LogP contribution in [0.3, 0.4) is 0 Å². The average Bonchev–Trinajstić information content (AvgIpc) is 2.89. The quantitative estimate of drug-likeness (QED) is 0.123. The normalized spacial score (nSPS) is 11.9.